The molecule has 6 nitrogen and oxygen atoms in total. The second-order valence-electron chi connectivity index (χ2n) is 5.26. The zero-order chi connectivity index (χ0) is 16.1. The summed E-state index contributed by atoms with van der Waals surface area (Å²) in [6.07, 6.45) is 0.119. The first-order valence-corrected chi connectivity index (χ1v) is 7.14. The van der Waals surface area contributed by atoms with Crippen LogP contribution in [-0.4, -0.2) is 52.9 Å². The molecular formula is C16H21N3O3. The molecule has 0 radical (unpaired) electrons. The van der Waals surface area contributed by atoms with Crippen molar-refractivity contribution in [3.8, 4) is 17.0 Å². The molecule has 1 aromatic carbocycles. The van der Waals surface area contributed by atoms with Gasteiger partial charge in [-0.3, -0.25) is 9.89 Å². The van der Waals surface area contributed by atoms with Gasteiger partial charge < -0.3 is 14.7 Å². The molecule has 118 valence electrons. The van der Waals surface area contributed by atoms with Crippen LogP contribution in [0.3, 0.4) is 0 Å². The van der Waals surface area contributed by atoms with E-state index >= 15 is 0 Å². The van der Waals surface area contributed by atoms with Crippen molar-refractivity contribution in [2.45, 2.75) is 19.4 Å². The topological polar surface area (TPSA) is 78.5 Å². The smallest absolute Gasteiger partial charge is 0.271 e. The maximum Gasteiger partial charge on any atom is 0.271 e. The lowest BCUT2D eigenvalue weighted by Gasteiger charge is -2.16. The molecule has 0 fully saturated rings. The van der Waals surface area contributed by atoms with Gasteiger partial charge in [-0.25, -0.2) is 0 Å². The zero-order valence-electron chi connectivity index (χ0n) is 13.0. The van der Waals surface area contributed by atoms with Crippen molar-refractivity contribution in [3.05, 3.63) is 36.0 Å². The number of nitrogens with one attached hydrogen (secondary N) is 1. The number of methoxy groups -OCH3 is 1. The summed E-state index contributed by atoms with van der Waals surface area (Å²) in [7, 11) is 3.32. The van der Waals surface area contributed by atoms with Crippen LogP contribution in [0.2, 0.25) is 0 Å². The van der Waals surface area contributed by atoms with Crippen molar-refractivity contribution in [3.63, 3.8) is 0 Å². The Kier molecular flexibility index (Phi) is 5.16. The minimum Gasteiger partial charge on any atom is -0.497 e. The van der Waals surface area contributed by atoms with Gasteiger partial charge in [0.25, 0.3) is 5.91 Å². The molecule has 1 heterocycles. The van der Waals surface area contributed by atoms with Crippen LogP contribution in [0.25, 0.3) is 11.3 Å². The third-order valence-electron chi connectivity index (χ3n) is 3.42. The Hall–Kier alpha value is -2.34. The van der Waals surface area contributed by atoms with E-state index in [4.69, 9.17) is 4.74 Å². The van der Waals surface area contributed by atoms with Crippen molar-refractivity contribution in [2.75, 3.05) is 20.7 Å². The molecule has 2 N–H and O–H groups in total. The molecule has 1 aromatic heterocycles. The lowest BCUT2D eigenvalue weighted by atomic mass is 10.1. The molecule has 22 heavy (non-hydrogen) atoms. The SMILES string of the molecule is COc1ccc(-c2cc(C(=O)N(C)CCC(C)O)[nH]n2)cc1. The van der Waals surface area contributed by atoms with Gasteiger partial charge in [0.15, 0.2) is 0 Å². The molecule has 1 atom stereocenters. The molecule has 0 spiro atoms. The fraction of sp³-hybridized carbons (Fsp3) is 0.375. The number of aromatic nitrogens is 2. The van der Waals surface area contributed by atoms with Gasteiger partial charge in [-0.2, -0.15) is 5.10 Å². The minimum absolute atomic E-state index is 0.145. The van der Waals surface area contributed by atoms with Gasteiger partial charge in [-0.1, -0.05) is 0 Å². The number of benzene rings is 1. The van der Waals surface area contributed by atoms with Crippen molar-refractivity contribution >= 4 is 5.91 Å². The van der Waals surface area contributed by atoms with E-state index in [1.165, 1.54) is 0 Å². The number of hydrogen-bond acceptors (Lipinski definition) is 4. The second-order valence-corrected chi connectivity index (χ2v) is 5.26. The Morgan fingerprint density at radius 2 is 2.09 bits per heavy atom. The lowest BCUT2D eigenvalue weighted by molar-refractivity contribution is 0.0763. The van der Waals surface area contributed by atoms with Gasteiger partial charge in [0.05, 0.1) is 18.9 Å². The first kappa shape index (κ1) is 16.0. The van der Waals surface area contributed by atoms with E-state index in [0.717, 1.165) is 11.3 Å². The quantitative estimate of drug-likeness (QED) is 0.854. The number of rotatable bonds is 6. The van der Waals surface area contributed by atoms with E-state index in [1.54, 1.807) is 32.0 Å². The summed E-state index contributed by atoms with van der Waals surface area (Å²) in [6, 6.07) is 9.20. The van der Waals surface area contributed by atoms with E-state index in [9.17, 15) is 9.90 Å². The molecule has 6 heteroatoms. The largest absolute Gasteiger partial charge is 0.497 e. The standard InChI is InChI=1S/C16H21N3O3/c1-11(20)8-9-19(2)16(21)15-10-14(17-18-15)12-4-6-13(22-3)7-5-12/h4-7,10-11,20H,8-9H2,1-3H3,(H,17,18). The monoisotopic (exact) mass is 303 g/mol. The Balaban J connectivity index is 2.08. The predicted octanol–water partition coefficient (Wildman–Crippen LogP) is 1.93. The van der Waals surface area contributed by atoms with Crippen LogP contribution >= 0.6 is 0 Å². The van der Waals surface area contributed by atoms with Gasteiger partial charge in [0.1, 0.15) is 11.4 Å². The highest BCUT2D eigenvalue weighted by molar-refractivity contribution is 5.93. The van der Waals surface area contributed by atoms with Gasteiger partial charge in [-0.15, -0.1) is 0 Å². The summed E-state index contributed by atoms with van der Waals surface area (Å²) in [6.45, 7) is 2.20. The number of hydrogen-bond donors (Lipinski definition) is 2. The Morgan fingerprint density at radius 3 is 2.68 bits per heavy atom. The first-order valence-electron chi connectivity index (χ1n) is 7.14. The van der Waals surface area contributed by atoms with Crippen LogP contribution in [-0.2, 0) is 0 Å². The van der Waals surface area contributed by atoms with Gasteiger partial charge in [-0.05, 0) is 43.7 Å². The van der Waals surface area contributed by atoms with Crippen LogP contribution in [0.15, 0.2) is 30.3 Å². The van der Waals surface area contributed by atoms with E-state index in [2.05, 4.69) is 10.2 Å². The molecule has 0 bridgehead atoms. The first-order chi connectivity index (χ1) is 10.5. The zero-order valence-corrected chi connectivity index (χ0v) is 13.0. The highest BCUT2D eigenvalue weighted by Gasteiger charge is 2.15. The summed E-state index contributed by atoms with van der Waals surface area (Å²) in [4.78, 5) is 13.8. The van der Waals surface area contributed by atoms with Gasteiger partial charge in [0.2, 0.25) is 0 Å². The predicted molar refractivity (Wildman–Crippen MR) is 83.8 cm³/mol. The third kappa shape index (κ3) is 3.85. The van der Waals surface area contributed by atoms with Crippen molar-refractivity contribution in [1.82, 2.24) is 15.1 Å². The number of carbonyl (C=O) groups is 1. The van der Waals surface area contributed by atoms with Crippen LogP contribution in [0.5, 0.6) is 5.75 Å². The molecule has 1 unspecified atom stereocenters. The Labute approximate surface area is 129 Å². The average Bonchev–Trinajstić information content (AvgIpc) is 3.01. The van der Waals surface area contributed by atoms with Crippen LogP contribution in [0, 0.1) is 0 Å². The number of H-pyrrole nitrogens is 1. The number of ether oxygens (including phenoxy) is 1. The molecule has 0 aliphatic carbocycles. The van der Waals surface area contributed by atoms with Crippen LogP contribution < -0.4 is 4.74 Å². The highest BCUT2D eigenvalue weighted by atomic mass is 16.5. The third-order valence-corrected chi connectivity index (χ3v) is 3.42. The summed E-state index contributed by atoms with van der Waals surface area (Å²) in [5, 5.41) is 16.2. The number of carbonyl (C=O) groups excluding carboxylic acids is 1. The summed E-state index contributed by atoms with van der Waals surface area (Å²) >= 11 is 0. The minimum atomic E-state index is -0.424. The number of aliphatic hydroxyl groups excluding tert-OH is 1. The molecule has 2 aromatic rings. The maximum atomic E-state index is 12.3. The second kappa shape index (κ2) is 7.09. The number of aliphatic hydroxyl groups is 1. The van der Waals surface area contributed by atoms with Crippen LogP contribution in [0.1, 0.15) is 23.8 Å². The summed E-state index contributed by atoms with van der Waals surface area (Å²) < 4.78 is 5.12. The number of aromatic amines is 1. The van der Waals surface area contributed by atoms with E-state index < -0.39 is 6.10 Å². The van der Waals surface area contributed by atoms with E-state index in [0.29, 0.717) is 24.4 Å². The molecule has 0 aliphatic heterocycles. The molecule has 0 aliphatic rings. The normalized spacial score (nSPS) is 12.0. The molecular weight excluding hydrogens is 282 g/mol. The van der Waals surface area contributed by atoms with Crippen molar-refractivity contribution in [1.29, 1.82) is 0 Å². The van der Waals surface area contributed by atoms with Gasteiger partial charge >= 0.3 is 0 Å². The molecule has 0 saturated carbocycles. The lowest BCUT2D eigenvalue weighted by Crippen LogP contribution is -2.29. The van der Waals surface area contributed by atoms with Gasteiger partial charge in [0, 0.05) is 19.2 Å². The van der Waals surface area contributed by atoms with E-state index in [1.807, 2.05) is 24.3 Å². The van der Waals surface area contributed by atoms with Crippen molar-refractivity contribution in [2.24, 2.45) is 0 Å². The molecule has 0 saturated heterocycles. The highest BCUT2D eigenvalue weighted by Crippen LogP contribution is 2.21. The Bertz CT molecular complexity index is 620. The van der Waals surface area contributed by atoms with Crippen molar-refractivity contribution < 1.29 is 14.6 Å². The average molecular weight is 303 g/mol. The number of amides is 1. The van der Waals surface area contributed by atoms with E-state index in [-0.39, 0.29) is 5.91 Å². The fourth-order valence-electron chi connectivity index (χ4n) is 2.03. The number of nitrogens with zero attached hydrogens (tertiary/aromatic N) is 2. The van der Waals surface area contributed by atoms with Crippen LogP contribution in [0.4, 0.5) is 0 Å². The summed E-state index contributed by atoms with van der Waals surface area (Å²) in [5.74, 6) is 0.626. The fourth-order valence-corrected chi connectivity index (χ4v) is 2.03. The summed E-state index contributed by atoms with van der Waals surface area (Å²) in [5.41, 5.74) is 2.04. The molecule has 1 amide bonds. The Morgan fingerprint density at radius 1 is 1.41 bits per heavy atom. The maximum absolute atomic E-state index is 12.3. The molecule has 2 rings (SSSR count).